The molecular weight excluding hydrogens is 232 g/mol. The molecule has 1 aliphatic rings. The second-order valence-corrected chi connectivity index (χ2v) is 4.30. The van der Waals surface area contributed by atoms with Gasteiger partial charge >= 0.3 is 0 Å². The van der Waals surface area contributed by atoms with Gasteiger partial charge in [0.2, 0.25) is 0 Å². The van der Waals surface area contributed by atoms with E-state index in [9.17, 15) is 4.79 Å². The molecule has 94 valence electrons. The molecule has 0 saturated carbocycles. The molecule has 0 saturated heterocycles. The number of fused-ring (bicyclic) bond motifs is 2. The summed E-state index contributed by atoms with van der Waals surface area (Å²) >= 11 is 0. The van der Waals surface area contributed by atoms with E-state index in [0.29, 0.717) is 30.3 Å². The van der Waals surface area contributed by atoms with Gasteiger partial charge < -0.3 is 20.2 Å². The first-order valence-electron chi connectivity index (χ1n) is 5.86. The maximum Gasteiger partial charge on any atom is 0.253 e. The number of hydrogen-bond donors (Lipinski definition) is 2. The average molecular weight is 246 g/mol. The number of benzene rings is 1. The quantitative estimate of drug-likeness (QED) is 0.789. The van der Waals surface area contributed by atoms with Crippen molar-refractivity contribution in [3.63, 3.8) is 0 Å². The van der Waals surface area contributed by atoms with E-state index >= 15 is 0 Å². The van der Waals surface area contributed by atoms with Gasteiger partial charge in [0.05, 0.1) is 5.52 Å². The van der Waals surface area contributed by atoms with Crippen LogP contribution >= 0.6 is 0 Å². The second-order valence-electron chi connectivity index (χ2n) is 4.30. The Labute approximate surface area is 104 Å². The molecule has 2 aromatic rings. The van der Waals surface area contributed by atoms with E-state index in [4.69, 9.17) is 15.2 Å². The largest absolute Gasteiger partial charge is 0.486 e. The normalized spacial score (nSPS) is 13.9. The van der Waals surface area contributed by atoms with E-state index in [2.05, 4.69) is 4.98 Å². The minimum Gasteiger partial charge on any atom is -0.486 e. The van der Waals surface area contributed by atoms with Gasteiger partial charge in [0, 0.05) is 23.6 Å². The summed E-state index contributed by atoms with van der Waals surface area (Å²) in [5, 5.41) is 0.944. The molecule has 5 heteroatoms. The SMILES string of the molecule is Cc1c(CN)c(=O)[nH]c2cc3c(cc12)OCCO3. The molecule has 1 aromatic carbocycles. The van der Waals surface area contributed by atoms with Crippen molar-refractivity contribution in [3.8, 4) is 11.5 Å². The molecule has 3 N–H and O–H groups in total. The highest BCUT2D eigenvalue weighted by Crippen LogP contribution is 2.34. The summed E-state index contributed by atoms with van der Waals surface area (Å²) in [4.78, 5) is 14.7. The molecule has 0 atom stereocenters. The molecule has 0 amide bonds. The number of pyridine rings is 1. The topological polar surface area (TPSA) is 77.3 Å². The fourth-order valence-electron chi connectivity index (χ4n) is 2.28. The van der Waals surface area contributed by atoms with Crippen LogP contribution in [0.1, 0.15) is 11.1 Å². The Morgan fingerprint density at radius 2 is 1.94 bits per heavy atom. The molecule has 0 aliphatic carbocycles. The van der Waals surface area contributed by atoms with Crippen LogP contribution in [0.4, 0.5) is 0 Å². The number of aromatic nitrogens is 1. The Morgan fingerprint density at radius 1 is 1.28 bits per heavy atom. The summed E-state index contributed by atoms with van der Waals surface area (Å²) in [6, 6.07) is 3.70. The fraction of sp³-hybridized carbons (Fsp3) is 0.308. The van der Waals surface area contributed by atoms with E-state index in [-0.39, 0.29) is 12.1 Å². The van der Waals surface area contributed by atoms with Gasteiger partial charge in [-0.15, -0.1) is 0 Å². The van der Waals surface area contributed by atoms with Crippen LogP contribution in [0.2, 0.25) is 0 Å². The van der Waals surface area contributed by atoms with Crippen LogP contribution < -0.4 is 20.8 Å². The molecule has 0 bridgehead atoms. The van der Waals surface area contributed by atoms with Gasteiger partial charge in [-0.25, -0.2) is 0 Å². The molecule has 1 aliphatic heterocycles. The number of H-pyrrole nitrogens is 1. The van der Waals surface area contributed by atoms with Gasteiger partial charge in [0.25, 0.3) is 5.56 Å². The summed E-state index contributed by atoms with van der Waals surface area (Å²) in [5.74, 6) is 1.39. The van der Waals surface area contributed by atoms with Crippen LogP contribution in [0.25, 0.3) is 10.9 Å². The Balaban J connectivity index is 2.34. The van der Waals surface area contributed by atoms with Crippen LogP contribution in [0.5, 0.6) is 11.5 Å². The third-order valence-corrected chi connectivity index (χ3v) is 3.27. The molecule has 0 fully saturated rings. The zero-order valence-electron chi connectivity index (χ0n) is 10.1. The predicted molar refractivity (Wildman–Crippen MR) is 68.2 cm³/mol. The minimum absolute atomic E-state index is 0.140. The zero-order valence-corrected chi connectivity index (χ0v) is 10.1. The van der Waals surface area contributed by atoms with Crippen molar-refractivity contribution in [1.29, 1.82) is 0 Å². The van der Waals surface area contributed by atoms with Crippen molar-refractivity contribution >= 4 is 10.9 Å². The summed E-state index contributed by atoms with van der Waals surface area (Å²) < 4.78 is 11.0. The van der Waals surface area contributed by atoms with Gasteiger partial charge in [0.1, 0.15) is 13.2 Å². The predicted octanol–water partition coefficient (Wildman–Crippen LogP) is 1.07. The van der Waals surface area contributed by atoms with Crippen LogP contribution in [-0.2, 0) is 6.54 Å². The van der Waals surface area contributed by atoms with E-state index in [1.165, 1.54) is 0 Å². The lowest BCUT2D eigenvalue weighted by Gasteiger charge is -2.19. The summed E-state index contributed by atoms with van der Waals surface area (Å²) in [6.45, 7) is 3.20. The van der Waals surface area contributed by atoms with Gasteiger partial charge in [0.15, 0.2) is 11.5 Å². The van der Waals surface area contributed by atoms with Gasteiger partial charge in [-0.3, -0.25) is 4.79 Å². The molecule has 5 nitrogen and oxygen atoms in total. The van der Waals surface area contributed by atoms with E-state index in [1.807, 2.05) is 13.0 Å². The highest BCUT2D eigenvalue weighted by molar-refractivity contribution is 5.86. The van der Waals surface area contributed by atoms with Crippen molar-refractivity contribution in [2.75, 3.05) is 13.2 Å². The number of ether oxygens (including phenoxy) is 2. The number of aromatic amines is 1. The first kappa shape index (κ1) is 11.1. The number of nitrogens with two attached hydrogens (primary N) is 1. The molecule has 0 spiro atoms. The maximum absolute atomic E-state index is 11.8. The zero-order chi connectivity index (χ0) is 12.7. The summed E-state index contributed by atoms with van der Waals surface area (Å²) in [6.07, 6.45) is 0. The number of aryl methyl sites for hydroxylation is 1. The van der Waals surface area contributed by atoms with E-state index in [0.717, 1.165) is 16.5 Å². The van der Waals surface area contributed by atoms with Crippen molar-refractivity contribution < 1.29 is 9.47 Å². The Morgan fingerprint density at radius 3 is 2.61 bits per heavy atom. The lowest BCUT2D eigenvalue weighted by Crippen LogP contribution is -2.19. The third-order valence-electron chi connectivity index (χ3n) is 3.27. The molecular formula is C13H14N2O3. The third kappa shape index (κ3) is 1.55. The van der Waals surface area contributed by atoms with Crippen LogP contribution in [-0.4, -0.2) is 18.2 Å². The van der Waals surface area contributed by atoms with Gasteiger partial charge in [-0.05, 0) is 18.6 Å². The summed E-state index contributed by atoms with van der Waals surface area (Å²) in [5.41, 5.74) is 7.72. The Kier molecular flexibility index (Phi) is 2.48. The maximum atomic E-state index is 11.8. The standard InChI is InChI=1S/C13H14N2O3/c1-7-8-4-11-12(18-3-2-17-11)5-10(8)15-13(16)9(7)6-14/h4-5H,2-3,6,14H2,1H3,(H,15,16). The van der Waals surface area contributed by atoms with Crippen LogP contribution in [0.15, 0.2) is 16.9 Å². The number of rotatable bonds is 1. The fourth-order valence-corrected chi connectivity index (χ4v) is 2.28. The molecule has 18 heavy (non-hydrogen) atoms. The van der Waals surface area contributed by atoms with Crippen molar-refractivity contribution in [2.45, 2.75) is 13.5 Å². The molecule has 2 heterocycles. The van der Waals surface area contributed by atoms with Crippen LogP contribution in [0, 0.1) is 6.92 Å². The second kappa shape index (κ2) is 4.03. The molecule has 1 aromatic heterocycles. The van der Waals surface area contributed by atoms with Crippen molar-refractivity contribution in [3.05, 3.63) is 33.6 Å². The molecule has 0 unspecified atom stereocenters. The Bertz CT molecular complexity index is 676. The van der Waals surface area contributed by atoms with E-state index in [1.54, 1.807) is 6.07 Å². The average Bonchev–Trinajstić information content (AvgIpc) is 2.37. The van der Waals surface area contributed by atoms with E-state index < -0.39 is 0 Å². The van der Waals surface area contributed by atoms with Crippen molar-refractivity contribution in [2.24, 2.45) is 5.73 Å². The van der Waals surface area contributed by atoms with Crippen molar-refractivity contribution in [1.82, 2.24) is 4.98 Å². The minimum atomic E-state index is -0.140. The number of nitrogens with one attached hydrogen (secondary N) is 1. The lowest BCUT2D eigenvalue weighted by molar-refractivity contribution is 0.172. The lowest BCUT2D eigenvalue weighted by atomic mass is 10.0. The monoisotopic (exact) mass is 246 g/mol. The highest BCUT2D eigenvalue weighted by atomic mass is 16.6. The number of hydrogen-bond acceptors (Lipinski definition) is 4. The smallest absolute Gasteiger partial charge is 0.253 e. The Hall–Kier alpha value is -2.01. The first-order chi connectivity index (χ1) is 8.70. The first-order valence-corrected chi connectivity index (χ1v) is 5.86. The summed E-state index contributed by atoms with van der Waals surface area (Å²) in [7, 11) is 0. The molecule has 3 rings (SSSR count). The van der Waals surface area contributed by atoms with Gasteiger partial charge in [-0.1, -0.05) is 0 Å². The molecule has 0 radical (unpaired) electrons. The highest BCUT2D eigenvalue weighted by Gasteiger charge is 2.15. The van der Waals surface area contributed by atoms with Crippen LogP contribution in [0.3, 0.4) is 0 Å². The van der Waals surface area contributed by atoms with Gasteiger partial charge in [-0.2, -0.15) is 0 Å².